The third-order valence-electron chi connectivity index (χ3n) is 5.39. The van der Waals surface area contributed by atoms with Gasteiger partial charge in [-0.2, -0.15) is 0 Å². The summed E-state index contributed by atoms with van der Waals surface area (Å²) in [6.07, 6.45) is 5.33. The molecule has 0 aromatic carbocycles. The van der Waals surface area contributed by atoms with E-state index >= 15 is 0 Å². The number of amides is 1. The SMILES string of the molecule is CCN1CCN(C2CCC(NC3CC3)(C(N)=O)C2)CC1. The van der Waals surface area contributed by atoms with E-state index in [4.69, 9.17) is 5.73 Å². The maximum Gasteiger partial charge on any atom is 0.237 e. The number of hydrogen-bond donors (Lipinski definition) is 2. The summed E-state index contributed by atoms with van der Waals surface area (Å²) in [6, 6.07) is 1.07. The molecule has 0 bridgehead atoms. The molecule has 2 atom stereocenters. The summed E-state index contributed by atoms with van der Waals surface area (Å²) in [6.45, 7) is 7.96. The van der Waals surface area contributed by atoms with Crippen LogP contribution < -0.4 is 11.1 Å². The van der Waals surface area contributed by atoms with E-state index < -0.39 is 5.54 Å². The molecule has 2 unspecified atom stereocenters. The molecule has 1 aliphatic heterocycles. The van der Waals surface area contributed by atoms with Gasteiger partial charge in [-0.1, -0.05) is 6.92 Å². The van der Waals surface area contributed by atoms with E-state index in [1.807, 2.05) is 0 Å². The molecule has 3 N–H and O–H groups in total. The topological polar surface area (TPSA) is 61.6 Å². The van der Waals surface area contributed by atoms with E-state index in [-0.39, 0.29) is 5.91 Å². The monoisotopic (exact) mass is 280 g/mol. The van der Waals surface area contributed by atoms with Crippen molar-refractivity contribution >= 4 is 5.91 Å². The number of nitrogens with two attached hydrogens (primary N) is 1. The fourth-order valence-electron chi connectivity index (χ4n) is 3.82. The Balaban J connectivity index is 1.58. The van der Waals surface area contributed by atoms with Crippen molar-refractivity contribution in [1.29, 1.82) is 0 Å². The molecule has 3 rings (SSSR count). The highest BCUT2D eigenvalue weighted by Gasteiger charge is 2.48. The van der Waals surface area contributed by atoms with E-state index in [9.17, 15) is 4.79 Å². The van der Waals surface area contributed by atoms with Crippen molar-refractivity contribution in [3.8, 4) is 0 Å². The number of primary amides is 1. The molecule has 0 radical (unpaired) electrons. The quantitative estimate of drug-likeness (QED) is 0.753. The van der Waals surface area contributed by atoms with Gasteiger partial charge in [-0.25, -0.2) is 0 Å². The number of nitrogens with one attached hydrogen (secondary N) is 1. The average Bonchev–Trinajstić information content (AvgIpc) is 3.15. The molecule has 0 spiro atoms. The summed E-state index contributed by atoms with van der Waals surface area (Å²) in [5.74, 6) is -0.140. The van der Waals surface area contributed by atoms with Crippen molar-refractivity contribution in [3.05, 3.63) is 0 Å². The third-order valence-corrected chi connectivity index (χ3v) is 5.39. The number of carbonyl (C=O) groups excluding carboxylic acids is 1. The first-order valence-corrected chi connectivity index (χ1v) is 8.17. The van der Waals surface area contributed by atoms with Crippen LogP contribution in [0.15, 0.2) is 0 Å². The van der Waals surface area contributed by atoms with Crippen LogP contribution in [0.1, 0.15) is 39.0 Å². The Hall–Kier alpha value is -0.650. The molecule has 0 aromatic rings. The van der Waals surface area contributed by atoms with Gasteiger partial charge >= 0.3 is 0 Å². The van der Waals surface area contributed by atoms with Crippen LogP contribution >= 0.6 is 0 Å². The van der Waals surface area contributed by atoms with Crippen LogP contribution in [0.4, 0.5) is 0 Å². The third kappa shape index (κ3) is 2.85. The number of likely N-dealkylation sites (N-methyl/N-ethyl adjacent to an activating group) is 1. The van der Waals surface area contributed by atoms with Gasteiger partial charge in [0.1, 0.15) is 0 Å². The maximum atomic E-state index is 11.9. The zero-order valence-electron chi connectivity index (χ0n) is 12.6. The van der Waals surface area contributed by atoms with Gasteiger partial charge in [0.15, 0.2) is 0 Å². The smallest absolute Gasteiger partial charge is 0.237 e. The van der Waals surface area contributed by atoms with E-state index in [1.54, 1.807) is 0 Å². The van der Waals surface area contributed by atoms with E-state index in [1.165, 1.54) is 12.8 Å². The lowest BCUT2D eigenvalue weighted by Gasteiger charge is -2.38. The summed E-state index contributed by atoms with van der Waals surface area (Å²) < 4.78 is 0. The standard InChI is InChI=1S/C15H28N4O/c1-2-18-7-9-19(10-8-18)13-5-6-15(11-13,14(16)20)17-12-3-4-12/h12-13,17H,2-11H2,1H3,(H2,16,20). The second-order valence-electron chi connectivity index (χ2n) is 6.73. The molecule has 3 fully saturated rings. The Morgan fingerprint density at radius 1 is 1.25 bits per heavy atom. The molecule has 5 heteroatoms. The lowest BCUT2D eigenvalue weighted by Crippen LogP contribution is -2.56. The van der Waals surface area contributed by atoms with Crippen LogP contribution in [0.2, 0.25) is 0 Å². The molecule has 2 aliphatic carbocycles. The van der Waals surface area contributed by atoms with E-state index in [2.05, 4.69) is 22.0 Å². The summed E-state index contributed by atoms with van der Waals surface area (Å²) in [7, 11) is 0. The first kappa shape index (κ1) is 14.3. The minimum atomic E-state index is -0.423. The Kier molecular flexibility index (Phi) is 4.02. The van der Waals surface area contributed by atoms with Crippen LogP contribution in [-0.4, -0.2) is 66.1 Å². The Bertz CT molecular complexity index is 363. The Morgan fingerprint density at radius 2 is 1.95 bits per heavy atom. The fourth-order valence-corrected chi connectivity index (χ4v) is 3.82. The molecular formula is C15H28N4O. The highest BCUT2D eigenvalue weighted by atomic mass is 16.1. The number of hydrogen-bond acceptors (Lipinski definition) is 4. The average molecular weight is 280 g/mol. The first-order valence-electron chi connectivity index (χ1n) is 8.17. The highest BCUT2D eigenvalue weighted by Crippen LogP contribution is 2.36. The van der Waals surface area contributed by atoms with E-state index in [0.29, 0.717) is 12.1 Å². The molecule has 5 nitrogen and oxygen atoms in total. The second kappa shape index (κ2) is 5.62. The van der Waals surface area contributed by atoms with E-state index in [0.717, 1.165) is 52.0 Å². The molecule has 1 amide bonds. The van der Waals surface area contributed by atoms with Crippen molar-refractivity contribution in [2.24, 2.45) is 5.73 Å². The van der Waals surface area contributed by atoms with Crippen molar-refractivity contribution in [1.82, 2.24) is 15.1 Å². The predicted molar refractivity (Wildman–Crippen MR) is 79.4 cm³/mol. The van der Waals surface area contributed by atoms with Crippen LogP contribution in [0, 0.1) is 0 Å². The molecule has 0 aromatic heterocycles. The van der Waals surface area contributed by atoms with Crippen molar-refractivity contribution in [2.75, 3.05) is 32.7 Å². The lowest BCUT2D eigenvalue weighted by atomic mass is 9.95. The zero-order valence-corrected chi connectivity index (χ0v) is 12.6. The van der Waals surface area contributed by atoms with Gasteiger partial charge in [0.2, 0.25) is 5.91 Å². The minimum Gasteiger partial charge on any atom is -0.368 e. The van der Waals surface area contributed by atoms with Crippen LogP contribution in [0.25, 0.3) is 0 Å². The van der Waals surface area contributed by atoms with Gasteiger partial charge in [-0.3, -0.25) is 9.69 Å². The summed E-state index contributed by atoms with van der Waals surface area (Å²) >= 11 is 0. The number of carbonyl (C=O) groups is 1. The van der Waals surface area contributed by atoms with Crippen molar-refractivity contribution in [2.45, 2.75) is 56.7 Å². The Labute approximate surface area is 121 Å². The lowest BCUT2D eigenvalue weighted by molar-refractivity contribution is -0.124. The molecule has 114 valence electrons. The molecule has 1 heterocycles. The highest BCUT2D eigenvalue weighted by molar-refractivity contribution is 5.85. The number of rotatable bonds is 5. The van der Waals surface area contributed by atoms with Crippen molar-refractivity contribution < 1.29 is 4.79 Å². The van der Waals surface area contributed by atoms with Crippen molar-refractivity contribution in [3.63, 3.8) is 0 Å². The number of nitrogens with zero attached hydrogens (tertiary/aromatic N) is 2. The fraction of sp³-hybridized carbons (Fsp3) is 0.933. The van der Waals surface area contributed by atoms with Gasteiger partial charge in [0.25, 0.3) is 0 Å². The molecule has 1 saturated heterocycles. The van der Waals surface area contributed by atoms with Gasteiger partial charge in [-0.05, 0) is 38.6 Å². The number of piperazine rings is 1. The van der Waals surface area contributed by atoms with Crippen LogP contribution in [0.3, 0.4) is 0 Å². The normalized spacial score (nSPS) is 36.4. The van der Waals surface area contributed by atoms with Gasteiger partial charge in [0.05, 0.1) is 5.54 Å². The summed E-state index contributed by atoms with van der Waals surface area (Å²) in [5.41, 5.74) is 5.29. The first-order chi connectivity index (χ1) is 9.63. The Morgan fingerprint density at radius 3 is 2.50 bits per heavy atom. The summed E-state index contributed by atoms with van der Waals surface area (Å²) in [5, 5.41) is 3.54. The van der Waals surface area contributed by atoms with Gasteiger partial charge in [-0.15, -0.1) is 0 Å². The molecular weight excluding hydrogens is 252 g/mol. The zero-order chi connectivity index (χ0) is 14.2. The van der Waals surface area contributed by atoms with Crippen LogP contribution in [0.5, 0.6) is 0 Å². The maximum absolute atomic E-state index is 11.9. The largest absolute Gasteiger partial charge is 0.368 e. The summed E-state index contributed by atoms with van der Waals surface area (Å²) in [4.78, 5) is 17.0. The second-order valence-corrected chi connectivity index (χ2v) is 6.73. The predicted octanol–water partition coefficient (Wildman–Crippen LogP) is 0.153. The van der Waals surface area contributed by atoms with Gasteiger partial charge in [0, 0.05) is 38.3 Å². The minimum absolute atomic E-state index is 0.140. The molecule has 20 heavy (non-hydrogen) atoms. The van der Waals surface area contributed by atoms with Crippen LogP contribution in [-0.2, 0) is 4.79 Å². The molecule has 3 aliphatic rings. The molecule has 2 saturated carbocycles. The van der Waals surface area contributed by atoms with Gasteiger partial charge < -0.3 is 16.0 Å².